The van der Waals surface area contributed by atoms with Gasteiger partial charge in [-0.1, -0.05) is 90.0 Å². The number of rotatable bonds is 0. The van der Waals surface area contributed by atoms with Gasteiger partial charge in [-0.25, -0.2) is 0 Å². The molecule has 0 aliphatic heterocycles. The van der Waals surface area contributed by atoms with Gasteiger partial charge in [0, 0.05) is 26.2 Å². The fourth-order valence-electron chi connectivity index (χ4n) is 2.81. The van der Waals surface area contributed by atoms with Crippen LogP contribution in [-0.4, -0.2) is 4.63 Å². The standard InChI is InChI=1S/2C10H15.C5H11PS.Zr/c2*1-6-7(2)9(4)10(5)8(6)3;1-5(2,3)4(6)7;/h2*1-5H3;6-7H,1-3H3;/q2*-1;;/p-1. The molecule has 0 atom stereocenters. The number of hydrogen-bond acceptors (Lipinski definition) is 1. The van der Waals surface area contributed by atoms with E-state index in [0.29, 0.717) is 0 Å². The molecule has 0 aliphatic carbocycles. The molecule has 3 heteroatoms. The van der Waals surface area contributed by atoms with Crippen molar-refractivity contribution in [3.63, 3.8) is 0 Å². The molecule has 0 unspecified atom stereocenters. The third-order valence-electron chi connectivity index (χ3n) is 6.31. The van der Waals surface area contributed by atoms with Gasteiger partial charge in [-0.2, -0.15) is 69.1 Å². The molecule has 28 heavy (non-hydrogen) atoms. The Kier molecular flexibility index (Phi) is 13.1. The SMILES string of the molecule is CC(C)(C)C(=P)[S-].Cc1c(C)c(C)[c-](C)c1C.Cc1c(C)c(C)[c-](C)c1C.[Zr]. The van der Waals surface area contributed by atoms with Crippen LogP contribution < -0.4 is 0 Å². The van der Waals surface area contributed by atoms with E-state index in [4.69, 9.17) is 12.6 Å². The molecule has 0 amide bonds. The first-order valence-electron chi connectivity index (χ1n) is 9.70. The molecule has 0 saturated carbocycles. The van der Waals surface area contributed by atoms with E-state index in [1.54, 1.807) is 0 Å². The van der Waals surface area contributed by atoms with Gasteiger partial charge in [0.2, 0.25) is 0 Å². The van der Waals surface area contributed by atoms with Gasteiger partial charge in [0.15, 0.2) is 0 Å². The Morgan fingerprint density at radius 3 is 0.821 bits per heavy atom. The van der Waals surface area contributed by atoms with Crippen LogP contribution in [0, 0.1) is 74.7 Å². The maximum absolute atomic E-state index is 4.85. The Balaban J connectivity index is 0. The summed E-state index contributed by atoms with van der Waals surface area (Å²) < 4.78 is 0.882. The molecular weight excluding hydrogens is 455 g/mol. The van der Waals surface area contributed by atoms with E-state index in [1.807, 2.05) is 0 Å². The fourth-order valence-corrected chi connectivity index (χ4v) is 2.81. The molecule has 0 fully saturated rings. The Hall–Kier alpha value is 0.103. The third-order valence-corrected chi connectivity index (χ3v) is 7.67. The second kappa shape index (κ2) is 12.1. The molecule has 0 nitrogen and oxygen atoms in total. The van der Waals surface area contributed by atoms with E-state index in [0.717, 1.165) is 4.63 Å². The first kappa shape index (κ1) is 30.3. The normalized spacial score (nSPS) is 10.4. The summed E-state index contributed by atoms with van der Waals surface area (Å²) in [7, 11) is 3.27. The largest absolute Gasteiger partial charge is 0.756 e. The summed E-state index contributed by atoms with van der Waals surface area (Å²) in [6.45, 7) is 28.2. The predicted octanol–water partition coefficient (Wildman–Crippen LogP) is 7.74. The summed E-state index contributed by atoms with van der Waals surface area (Å²) in [6.07, 6.45) is 0. The summed E-state index contributed by atoms with van der Waals surface area (Å²) in [5.41, 5.74) is 14.8. The fraction of sp³-hybridized carbons (Fsp3) is 0.560. The summed E-state index contributed by atoms with van der Waals surface area (Å²) in [4.78, 5) is 0. The molecule has 0 bridgehead atoms. The van der Waals surface area contributed by atoms with E-state index >= 15 is 0 Å². The summed E-state index contributed by atoms with van der Waals surface area (Å²) in [5, 5.41) is 0. The van der Waals surface area contributed by atoms with Crippen molar-refractivity contribution < 1.29 is 26.2 Å². The van der Waals surface area contributed by atoms with Crippen LogP contribution in [0.15, 0.2) is 0 Å². The van der Waals surface area contributed by atoms with Crippen molar-refractivity contribution in [2.45, 2.75) is 90.0 Å². The average Bonchev–Trinajstić information content (AvgIpc) is 2.86. The molecule has 2 rings (SSSR count). The first-order valence-corrected chi connectivity index (χ1v) is 10.6. The second-order valence-corrected chi connectivity index (χ2v) is 10.1. The van der Waals surface area contributed by atoms with Crippen molar-refractivity contribution in [3.8, 4) is 0 Å². The van der Waals surface area contributed by atoms with Gasteiger partial charge >= 0.3 is 0 Å². The monoisotopic (exact) mass is 493 g/mol. The second-order valence-electron chi connectivity index (χ2n) is 8.83. The minimum Gasteiger partial charge on any atom is -0.756 e. The molecular formula is C25H40PSZr-3. The van der Waals surface area contributed by atoms with E-state index in [9.17, 15) is 0 Å². The van der Waals surface area contributed by atoms with Gasteiger partial charge in [0.1, 0.15) is 0 Å². The van der Waals surface area contributed by atoms with Gasteiger partial charge in [0.05, 0.1) is 0 Å². The Bertz CT molecular complexity index is 581. The Morgan fingerprint density at radius 1 is 0.643 bits per heavy atom. The van der Waals surface area contributed by atoms with Crippen LogP contribution in [0.25, 0.3) is 0 Å². The molecule has 0 aliphatic rings. The van der Waals surface area contributed by atoms with Crippen LogP contribution in [0.5, 0.6) is 0 Å². The van der Waals surface area contributed by atoms with Crippen LogP contribution in [0.2, 0.25) is 0 Å². The van der Waals surface area contributed by atoms with Crippen LogP contribution in [0.3, 0.4) is 0 Å². The molecule has 2 aromatic carbocycles. The average molecular weight is 495 g/mol. The van der Waals surface area contributed by atoms with Crippen LogP contribution in [-0.2, 0) is 38.8 Å². The quantitative estimate of drug-likeness (QED) is 0.205. The van der Waals surface area contributed by atoms with E-state index < -0.39 is 0 Å². The molecule has 0 radical (unpaired) electrons. The van der Waals surface area contributed by atoms with Crippen LogP contribution in [0.1, 0.15) is 76.4 Å². The minimum atomic E-state index is 0. The van der Waals surface area contributed by atoms with E-state index in [1.165, 1.54) is 55.6 Å². The van der Waals surface area contributed by atoms with Crippen molar-refractivity contribution in [3.05, 3.63) is 55.6 Å². The maximum atomic E-state index is 4.85. The molecule has 2 aromatic rings. The third kappa shape index (κ3) is 7.74. The minimum absolute atomic E-state index is 0. The topological polar surface area (TPSA) is 0 Å². The van der Waals surface area contributed by atoms with Crippen molar-refractivity contribution in [2.75, 3.05) is 0 Å². The van der Waals surface area contributed by atoms with Gasteiger partial charge in [-0.05, 0) is 5.41 Å². The van der Waals surface area contributed by atoms with E-state index in [-0.39, 0.29) is 31.6 Å². The van der Waals surface area contributed by atoms with Crippen LogP contribution >= 0.6 is 8.86 Å². The first-order chi connectivity index (χ1) is 12.1. The van der Waals surface area contributed by atoms with Crippen molar-refractivity contribution in [2.24, 2.45) is 5.41 Å². The zero-order valence-corrected chi connectivity index (χ0v) is 24.7. The zero-order chi connectivity index (χ0) is 21.9. The summed E-state index contributed by atoms with van der Waals surface area (Å²) in [6, 6.07) is 0. The van der Waals surface area contributed by atoms with Gasteiger partial charge in [-0.3, -0.25) is 0 Å². The Morgan fingerprint density at radius 2 is 0.786 bits per heavy atom. The van der Waals surface area contributed by atoms with Gasteiger partial charge in [0.25, 0.3) is 0 Å². The zero-order valence-electron chi connectivity index (χ0n) is 20.4. The summed E-state index contributed by atoms with van der Waals surface area (Å²) in [5.74, 6) is 0. The summed E-state index contributed by atoms with van der Waals surface area (Å²) >= 11 is 4.85. The van der Waals surface area contributed by atoms with Crippen molar-refractivity contribution in [1.29, 1.82) is 0 Å². The number of hydrogen-bond donors (Lipinski definition) is 0. The molecule has 0 aromatic heterocycles. The van der Waals surface area contributed by atoms with Crippen molar-refractivity contribution in [1.82, 2.24) is 0 Å². The maximum Gasteiger partial charge on any atom is 0 e. The predicted molar refractivity (Wildman–Crippen MR) is 132 cm³/mol. The molecule has 0 heterocycles. The molecule has 0 saturated heterocycles. The molecule has 158 valence electrons. The van der Waals surface area contributed by atoms with Gasteiger partial charge in [-0.15, -0.1) is 0 Å². The smallest absolute Gasteiger partial charge is 0 e. The molecule has 0 spiro atoms. The van der Waals surface area contributed by atoms with Crippen molar-refractivity contribution >= 4 is 26.1 Å². The Labute approximate surface area is 202 Å². The molecule has 0 N–H and O–H groups in total. The van der Waals surface area contributed by atoms with E-state index in [2.05, 4.69) is 98.9 Å². The van der Waals surface area contributed by atoms with Crippen LogP contribution in [0.4, 0.5) is 0 Å². The van der Waals surface area contributed by atoms with Gasteiger partial charge < -0.3 is 12.6 Å².